The van der Waals surface area contributed by atoms with Crippen molar-refractivity contribution in [1.82, 2.24) is 4.90 Å². The average molecular weight is 271 g/mol. The molecular formula is C16H17NO3. The molecule has 104 valence electrons. The van der Waals surface area contributed by atoms with Crippen molar-refractivity contribution < 1.29 is 15.0 Å². The fourth-order valence-corrected chi connectivity index (χ4v) is 1.92. The zero-order valence-corrected chi connectivity index (χ0v) is 11.1. The number of carbonyl (C=O) groups excluding carboxylic acids is 1. The van der Waals surface area contributed by atoms with Gasteiger partial charge in [0.2, 0.25) is 0 Å². The first-order chi connectivity index (χ1) is 9.74. The second kappa shape index (κ2) is 6.96. The molecule has 0 spiro atoms. The Balaban J connectivity index is 2.10. The lowest BCUT2D eigenvalue weighted by Gasteiger charge is -2.16. The SMILES string of the molecule is O=C(c1ccccc1)c1ccc(CN(CO)CO)cc1. The fraction of sp³-hybridized carbons (Fsp3) is 0.188. The van der Waals surface area contributed by atoms with Crippen molar-refractivity contribution in [2.75, 3.05) is 13.5 Å². The lowest BCUT2D eigenvalue weighted by Crippen LogP contribution is -2.25. The Morgan fingerprint density at radius 2 is 1.40 bits per heavy atom. The van der Waals surface area contributed by atoms with Gasteiger partial charge in [0, 0.05) is 17.7 Å². The Labute approximate surface area is 117 Å². The van der Waals surface area contributed by atoms with E-state index in [0.29, 0.717) is 17.7 Å². The smallest absolute Gasteiger partial charge is 0.193 e. The topological polar surface area (TPSA) is 60.8 Å². The number of aliphatic hydroxyl groups excluding tert-OH is 2. The third-order valence-electron chi connectivity index (χ3n) is 3.06. The molecule has 0 aliphatic heterocycles. The molecule has 0 aliphatic rings. The van der Waals surface area contributed by atoms with Gasteiger partial charge in [-0.25, -0.2) is 0 Å². The molecule has 2 rings (SSSR count). The van der Waals surface area contributed by atoms with Crippen molar-refractivity contribution >= 4 is 5.78 Å². The zero-order chi connectivity index (χ0) is 14.4. The predicted molar refractivity (Wildman–Crippen MR) is 76.0 cm³/mol. The Bertz CT molecular complexity index is 548. The minimum absolute atomic E-state index is 0.0154. The fourth-order valence-electron chi connectivity index (χ4n) is 1.92. The Morgan fingerprint density at radius 1 is 0.850 bits per heavy atom. The highest BCUT2D eigenvalue weighted by molar-refractivity contribution is 6.08. The van der Waals surface area contributed by atoms with Crippen LogP contribution in [0.25, 0.3) is 0 Å². The molecule has 0 heterocycles. The molecule has 0 saturated carbocycles. The van der Waals surface area contributed by atoms with Gasteiger partial charge < -0.3 is 10.2 Å². The van der Waals surface area contributed by atoms with Gasteiger partial charge in [0.15, 0.2) is 5.78 Å². The highest BCUT2D eigenvalue weighted by Crippen LogP contribution is 2.12. The zero-order valence-electron chi connectivity index (χ0n) is 11.1. The molecule has 2 N–H and O–H groups in total. The largest absolute Gasteiger partial charge is 0.381 e. The molecular weight excluding hydrogens is 254 g/mol. The van der Waals surface area contributed by atoms with Gasteiger partial charge in [-0.1, -0.05) is 54.6 Å². The number of rotatable bonds is 6. The maximum atomic E-state index is 12.2. The monoisotopic (exact) mass is 271 g/mol. The third kappa shape index (κ3) is 3.51. The van der Waals surface area contributed by atoms with E-state index in [9.17, 15) is 4.79 Å². The number of nitrogens with zero attached hydrogens (tertiary/aromatic N) is 1. The quantitative estimate of drug-likeness (QED) is 0.619. The van der Waals surface area contributed by atoms with Crippen molar-refractivity contribution in [3.63, 3.8) is 0 Å². The van der Waals surface area contributed by atoms with E-state index in [1.807, 2.05) is 30.3 Å². The molecule has 2 aromatic carbocycles. The highest BCUT2D eigenvalue weighted by Gasteiger charge is 2.09. The molecule has 0 aliphatic carbocycles. The summed E-state index contributed by atoms with van der Waals surface area (Å²) in [5, 5.41) is 18.0. The van der Waals surface area contributed by atoms with Crippen molar-refractivity contribution in [3.05, 3.63) is 71.3 Å². The van der Waals surface area contributed by atoms with Crippen molar-refractivity contribution in [2.24, 2.45) is 0 Å². The molecule has 0 aromatic heterocycles. The molecule has 4 nitrogen and oxygen atoms in total. The Morgan fingerprint density at radius 3 is 1.95 bits per heavy atom. The van der Waals surface area contributed by atoms with E-state index in [0.717, 1.165) is 5.56 Å². The van der Waals surface area contributed by atoms with E-state index in [2.05, 4.69) is 0 Å². The average Bonchev–Trinajstić information content (AvgIpc) is 2.53. The summed E-state index contributed by atoms with van der Waals surface area (Å²) in [5.41, 5.74) is 2.21. The first-order valence-electron chi connectivity index (χ1n) is 6.37. The molecule has 0 amide bonds. The standard InChI is InChI=1S/C16H17NO3/c18-11-17(12-19)10-13-6-8-15(9-7-13)16(20)14-4-2-1-3-5-14/h1-9,18-19H,10-12H2. The second-order valence-corrected chi connectivity index (χ2v) is 4.50. The van der Waals surface area contributed by atoms with Gasteiger partial charge >= 0.3 is 0 Å². The molecule has 0 atom stereocenters. The molecule has 4 heteroatoms. The van der Waals surface area contributed by atoms with Crippen LogP contribution in [0.5, 0.6) is 0 Å². The van der Waals surface area contributed by atoms with Crippen LogP contribution in [-0.2, 0) is 6.54 Å². The summed E-state index contributed by atoms with van der Waals surface area (Å²) in [6, 6.07) is 16.3. The van der Waals surface area contributed by atoms with E-state index in [4.69, 9.17) is 10.2 Å². The first kappa shape index (κ1) is 14.4. The molecule has 0 radical (unpaired) electrons. The summed E-state index contributed by atoms with van der Waals surface area (Å²) < 4.78 is 0. The molecule has 0 unspecified atom stereocenters. The van der Waals surface area contributed by atoms with Crippen molar-refractivity contribution in [3.8, 4) is 0 Å². The van der Waals surface area contributed by atoms with Crippen LogP contribution in [0.4, 0.5) is 0 Å². The van der Waals surface area contributed by atoms with Gasteiger partial charge in [0.05, 0.1) is 13.5 Å². The van der Waals surface area contributed by atoms with E-state index in [1.165, 1.54) is 4.90 Å². The number of benzene rings is 2. The molecule has 0 fully saturated rings. The summed E-state index contributed by atoms with van der Waals surface area (Å²) in [5.74, 6) is -0.0154. The number of ketones is 1. The van der Waals surface area contributed by atoms with Crippen LogP contribution in [0.2, 0.25) is 0 Å². The predicted octanol–water partition coefficient (Wildman–Crippen LogP) is 1.62. The van der Waals surface area contributed by atoms with Crippen LogP contribution in [0.3, 0.4) is 0 Å². The molecule has 0 bridgehead atoms. The number of carbonyl (C=O) groups is 1. The van der Waals surface area contributed by atoms with E-state index in [-0.39, 0.29) is 19.2 Å². The summed E-state index contributed by atoms with van der Waals surface area (Å²) in [6.07, 6.45) is 0. The summed E-state index contributed by atoms with van der Waals surface area (Å²) in [6.45, 7) is 0.0230. The van der Waals surface area contributed by atoms with Crippen LogP contribution in [0, 0.1) is 0 Å². The van der Waals surface area contributed by atoms with Crippen molar-refractivity contribution in [1.29, 1.82) is 0 Å². The second-order valence-electron chi connectivity index (χ2n) is 4.50. The highest BCUT2D eigenvalue weighted by atomic mass is 16.3. The maximum absolute atomic E-state index is 12.2. The Kier molecular flexibility index (Phi) is 5.01. The lowest BCUT2D eigenvalue weighted by molar-refractivity contribution is 0.0234. The number of hydrogen-bond acceptors (Lipinski definition) is 4. The normalized spacial score (nSPS) is 10.8. The lowest BCUT2D eigenvalue weighted by atomic mass is 10.0. The summed E-state index contributed by atoms with van der Waals surface area (Å²) in [7, 11) is 0. The number of hydrogen-bond donors (Lipinski definition) is 2. The molecule has 2 aromatic rings. The number of aliphatic hydroxyl groups is 2. The minimum Gasteiger partial charge on any atom is -0.381 e. The van der Waals surface area contributed by atoms with E-state index < -0.39 is 0 Å². The minimum atomic E-state index is -0.207. The maximum Gasteiger partial charge on any atom is 0.193 e. The molecule has 0 saturated heterocycles. The van der Waals surface area contributed by atoms with Crippen molar-refractivity contribution in [2.45, 2.75) is 6.54 Å². The van der Waals surface area contributed by atoms with Crippen LogP contribution in [-0.4, -0.2) is 34.4 Å². The van der Waals surface area contributed by atoms with Gasteiger partial charge in [-0.05, 0) is 5.56 Å². The van der Waals surface area contributed by atoms with Gasteiger partial charge in [0.1, 0.15) is 0 Å². The van der Waals surface area contributed by atoms with Crippen LogP contribution < -0.4 is 0 Å². The van der Waals surface area contributed by atoms with Crippen LogP contribution >= 0.6 is 0 Å². The van der Waals surface area contributed by atoms with Crippen LogP contribution in [0.15, 0.2) is 54.6 Å². The Hall–Kier alpha value is -2.01. The summed E-state index contributed by atoms with van der Waals surface area (Å²) in [4.78, 5) is 13.7. The first-order valence-corrected chi connectivity index (χ1v) is 6.37. The summed E-state index contributed by atoms with van der Waals surface area (Å²) >= 11 is 0. The van der Waals surface area contributed by atoms with E-state index in [1.54, 1.807) is 24.3 Å². The van der Waals surface area contributed by atoms with Gasteiger partial charge in [-0.2, -0.15) is 0 Å². The van der Waals surface area contributed by atoms with E-state index >= 15 is 0 Å². The molecule has 20 heavy (non-hydrogen) atoms. The van der Waals surface area contributed by atoms with Gasteiger partial charge in [-0.3, -0.25) is 9.69 Å². The van der Waals surface area contributed by atoms with Crippen LogP contribution in [0.1, 0.15) is 21.5 Å². The third-order valence-corrected chi connectivity index (χ3v) is 3.06. The van der Waals surface area contributed by atoms with Gasteiger partial charge in [-0.15, -0.1) is 0 Å². The van der Waals surface area contributed by atoms with Gasteiger partial charge in [0.25, 0.3) is 0 Å².